The summed E-state index contributed by atoms with van der Waals surface area (Å²) in [7, 11) is 0. The van der Waals surface area contributed by atoms with Crippen molar-refractivity contribution < 1.29 is 18.0 Å². The zero-order valence-corrected chi connectivity index (χ0v) is 18.9. The van der Waals surface area contributed by atoms with E-state index in [0.717, 1.165) is 16.7 Å². The molecule has 1 atom stereocenters. The Morgan fingerprint density at radius 2 is 2.06 bits per heavy atom. The molecule has 0 N–H and O–H groups in total. The van der Waals surface area contributed by atoms with E-state index in [1.165, 1.54) is 0 Å². The van der Waals surface area contributed by atoms with Crippen molar-refractivity contribution in [3.63, 3.8) is 0 Å². The van der Waals surface area contributed by atoms with Gasteiger partial charge in [0.2, 0.25) is 5.82 Å². The van der Waals surface area contributed by atoms with Crippen molar-refractivity contribution in [1.29, 1.82) is 0 Å². The van der Waals surface area contributed by atoms with Gasteiger partial charge in [-0.3, -0.25) is 0 Å². The smallest absolute Gasteiger partial charge is 0.269 e. The number of fused-ring (bicyclic) bond motifs is 1. The minimum atomic E-state index is -2.80. The predicted molar refractivity (Wildman–Crippen MR) is 121 cm³/mol. The molecule has 3 aromatic heterocycles. The number of nitrogens with zero attached hydrogens (tertiary/aromatic N) is 4. The molecule has 0 radical (unpaired) electrons. The monoisotopic (exact) mass is 470 g/mol. The number of halogens is 3. The van der Waals surface area contributed by atoms with Gasteiger partial charge in [0.25, 0.3) is 11.8 Å². The third kappa shape index (κ3) is 4.11. The van der Waals surface area contributed by atoms with Gasteiger partial charge in [0.1, 0.15) is 11.4 Å². The fourth-order valence-electron chi connectivity index (χ4n) is 4.09. The van der Waals surface area contributed by atoms with Crippen LogP contribution < -0.4 is 4.74 Å². The second kappa shape index (κ2) is 7.95. The largest absolute Gasteiger partial charge is 0.493 e. The van der Waals surface area contributed by atoms with Gasteiger partial charge in [-0.05, 0) is 61.2 Å². The number of imidazole rings is 1. The Kier molecular flexibility index (Phi) is 5.20. The summed E-state index contributed by atoms with van der Waals surface area (Å²) in [6.07, 6.45) is 3.78. The normalized spacial score (nSPS) is 17.7. The molecule has 33 heavy (non-hydrogen) atoms. The van der Waals surface area contributed by atoms with Crippen LogP contribution in [0.3, 0.4) is 0 Å². The van der Waals surface area contributed by atoms with Crippen LogP contribution in [0, 0.1) is 19.8 Å². The van der Waals surface area contributed by atoms with Crippen molar-refractivity contribution in [3.05, 3.63) is 65.0 Å². The number of hydrogen-bond donors (Lipinski definition) is 0. The molecule has 1 aliphatic carbocycles. The van der Waals surface area contributed by atoms with E-state index in [0.29, 0.717) is 33.8 Å². The molecule has 0 saturated heterocycles. The van der Waals surface area contributed by atoms with Crippen molar-refractivity contribution in [2.75, 3.05) is 6.61 Å². The highest BCUT2D eigenvalue weighted by molar-refractivity contribution is 6.33. The summed E-state index contributed by atoms with van der Waals surface area (Å²) >= 11 is 6.28. The quantitative estimate of drug-likeness (QED) is 0.320. The first-order valence-corrected chi connectivity index (χ1v) is 10.9. The van der Waals surface area contributed by atoms with Crippen molar-refractivity contribution >= 4 is 17.2 Å². The molecular weight excluding hydrogens is 450 g/mol. The summed E-state index contributed by atoms with van der Waals surface area (Å²) in [5.41, 5.74) is 3.71. The van der Waals surface area contributed by atoms with E-state index < -0.39 is 5.92 Å². The van der Waals surface area contributed by atoms with Gasteiger partial charge in [0, 0.05) is 30.3 Å². The van der Waals surface area contributed by atoms with E-state index in [1.54, 1.807) is 18.3 Å². The molecule has 1 aromatic carbocycles. The Morgan fingerprint density at radius 1 is 1.24 bits per heavy atom. The average Bonchev–Trinajstić information content (AvgIpc) is 3.44. The molecule has 1 saturated carbocycles. The molecule has 0 amide bonds. The lowest BCUT2D eigenvalue weighted by Gasteiger charge is -2.14. The number of alkyl halides is 2. The number of aromatic nitrogens is 4. The van der Waals surface area contributed by atoms with E-state index in [2.05, 4.69) is 21.7 Å². The van der Waals surface area contributed by atoms with E-state index in [9.17, 15) is 8.78 Å². The van der Waals surface area contributed by atoms with Gasteiger partial charge in [-0.1, -0.05) is 23.3 Å². The van der Waals surface area contributed by atoms with Gasteiger partial charge in [0.05, 0.1) is 11.6 Å². The lowest BCUT2D eigenvalue weighted by Crippen LogP contribution is -2.14. The molecule has 170 valence electrons. The average molecular weight is 471 g/mol. The van der Waals surface area contributed by atoms with E-state index >= 15 is 0 Å². The number of benzene rings is 1. The van der Waals surface area contributed by atoms with Crippen LogP contribution in [0.15, 0.2) is 53.3 Å². The third-order valence-corrected chi connectivity index (χ3v) is 6.07. The molecule has 4 aromatic rings. The Hall–Kier alpha value is -3.26. The number of ether oxygens (including phenoxy) is 1. The number of rotatable bonds is 5. The first-order chi connectivity index (χ1) is 15.7. The van der Waals surface area contributed by atoms with Gasteiger partial charge in [0.15, 0.2) is 5.65 Å². The van der Waals surface area contributed by atoms with Crippen molar-refractivity contribution in [2.24, 2.45) is 5.92 Å². The number of pyridine rings is 1. The fraction of sp³-hybridized carbons (Fsp3) is 0.292. The highest BCUT2D eigenvalue weighted by atomic mass is 35.5. The fourth-order valence-corrected chi connectivity index (χ4v) is 4.40. The van der Waals surface area contributed by atoms with Crippen LogP contribution >= 0.6 is 11.6 Å². The minimum Gasteiger partial charge on any atom is -0.493 e. The maximum Gasteiger partial charge on any atom is 0.269 e. The van der Waals surface area contributed by atoms with Crippen LogP contribution in [0.4, 0.5) is 8.78 Å². The third-order valence-electron chi connectivity index (χ3n) is 5.79. The van der Waals surface area contributed by atoms with Gasteiger partial charge in [-0.25, -0.2) is 13.8 Å². The second-order valence-corrected chi connectivity index (χ2v) is 8.93. The van der Waals surface area contributed by atoms with Gasteiger partial charge < -0.3 is 13.7 Å². The second-order valence-electron chi connectivity index (χ2n) is 8.52. The molecule has 3 heterocycles. The van der Waals surface area contributed by atoms with Gasteiger partial charge in [-0.2, -0.15) is 4.98 Å². The van der Waals surface area contributed by atoms with E-state index in [-0.39, 0.29) is 30.9 Å². The topological polar surface area (TPSA) is 65.5 Å². The molecule has 0 bridgehead atoms. The predicted octanol–water partition coefficient (Wildman–Crippen LogP) is 6.30. The van der Waals surface area contributed by atoms with Crippen LogP contribution in [-0.2, 0) is 0 Å². The molecule has 1 fully saturated rings. The summed E-state index contributed by atoms with van der Waals surface area (Å²) in [4.78, 5) is 8.98. The van der Waals surface area contributed by atoms with Crippen LogP contribution in [0.25, 0.3) is 28.6 Å². The number of hydrogen-bond acceptors (Lipinski definition) is 5. The summed E-state index contributed by atoms with van der Waals surface area (Å²) < 4.78 is 40.4. The molecule has 1 aliphatic rings. The zero-order valence-electron chi connectivity index (χ0n) is 18.1. The maximum absolute atomic E-state index is 13.7. The van der Waals surface area contributed by atoms with Crippen molar-refractivity contribution in [1.82, 2.24) is 19.5 Å². The number of aryl methyl sites for hydroxylation is 2. The van der Waals surface area contributed by atoms with Crippen molar-refractivity contribution in [2.45, 2.75) is 32.6 Å². The summed E-state index contributed by atoms with van der Waals surface area (Å²) in [5, 5.41) is 4.60. The van der Waals surface area contributed by atoms with E-state index in [1.807, 2.05) is 36.6 Å². The highest BCUT2D eigenvalue weighted by Crippen LogP contribution is 2.42. The van der Waals surface area contributed by atoms with Crippen LogP contribution in [-0.4, -0.2) is 32.1 Å². The first-order valence-electron chi connectivity index (χ1n) is 10.5. The van der Waals surface area contributed by atoms with Gasteiger partial charge >= 0.3 is 0 Å². The molecule has 9 heteroatoms. The van der Waals surface area contributed by atoms with Crippen molar-refractivity contribution in [3.8, 4) is 28.7 Å². The molecule has 1 unspecified atom stereocenters. The van der Waals surface area contributed by atoms with E-state index in [4.69, 9.17) is 20.9 Å². The molecule has 0 spiro atoms. The Bertz CT molecular complexity index is 1380. The van der Waals surface area contributed by atoms with Gasteiger partial charge in [-0.15, -0.1) is 0 Å². The summed E-state index contributed by atoms with van der Waals surface area (Å²) in [6, 6.07) is 7.28. The Morgan fingerprint density at radius 3 is 2.79 bits per heavy atom. The van der Waals surface area contributed by atoms with Crippen LogP contribution in [0.5, 0.6) is 5.75 Å². The van der Waals surface area contributed by atoms with Crippen LogP contribution in [0.2, 0.25) is 5.02 Å². The minimum absolute atomic E-state index is 0.0154. The lowest BCUT2D eigenvalue weighted by atomic mass is 10.1. The maximum atomic E-state index is 13.7. The number of allylic oxidation sites excluding steroid dienone is 1. The Labute approximate surface area is 193 Å². The summed E-state index contributed by atoms with van der Waals surface area (Å²) in [5.74, 6) is -1.72. The zero-order chi connectivity index (χ0) is 23.3. The first kappa shape index (κ1) is 21.6. The molecule has 6 nitrogen and oxygen atoms in total. The Balaban J connectivity index is 1.32. The molecular formula is C24H21ClF2N4O2. The molecule has 0 aliphatic heterocycles. The summed E-state index contributed by atoms with van der Waals surface area (Å²) in [6.45, 7) is 7.53. The lowest BCUT2D eigenvalue weighted by molar-refractivity contribution is 0.0378. The highest BCUT2D eigenvalue weighted by Gasteiger charge is 2.43. The SMILES string of the molecule is C=C1CC(COc2ccc(-c3nc(-c4cn5cc(C)cc(Cl)c5n4)no3)cc2C)CC1(F)F. The van der Waals surface area contributed by atoms with Crippen LogP contribution in [0.1, 0.15) is 24.0 Å². The standard InChI is InChI=1S/C24H21ClF2N4O2/c1-13-6-18(25)22-28-19(11-31(22)10-13)21-29-23(33-30-21)17-4-5-20(14(2)7-17)32-12-16-8-15(3)24(26,27)9-16/h4-7,10-11,16H,3,8-9,12H2,1-2H3. The molecule has 5 rings (SSSR count).